The summed E-state index contributed by atoms with van der Waals surface area (Å²) in [6, 6.07) is 12.4. The molecule has 8 heteroatoms. The third kappa shape index (κ3) is 5.69. The molecule has 0 aliphatic carbocycles. The van der Waals surface area contributed by atoms with Crippen LogP contribution in [0.25, 0.3) is 10.2 Å². The smallest absolute Gasteiger partial charge is 0.416 e. The average molecular weight is 408 g/mol. The van der Waals surface area contributed by atoms with Crippen LogP contribution in [0.5, 0.6) is 5.75 Å². The number of hydrogen-bond acceptors (Lipinski definition) is 4. The molecule has 28 heavy (non-hydrogen) atoms. The van der Waals surface area contributed by atoms with E-state index in [1.807, 2.05) is 24.3 Å². The first-order chi connectivity index (χ1) is 13.4. The Morgan fingerprint density at radius 3 is 2.57 bits per heavy atom. The van der Waals surface area contributed by atoms with Crippen LogP contribution in [-0.4, -0.2) is 24.0 Å². The standard InChI is InChI=1S/C20H19F3N2O2S/c21-20(22,23)14-8-10-15(11-9-14)27-13-12-24-18(26)6-3-7-19-25-16-4-1-2-5-17(16)28-19/h1-2,4-5,8-11H,3,6-7,12-13H2,(H,24,26). The minimum atomic E-state index is -4.36. The van der Waals surface area contributed by atoms with Crippen molar-refractivity contribution in [1.29, 1.82) is 0 Å². The molecule has 1 aromatic heterocycles. The number of nitrogens with one attached hydrogen (secondary N) is 1. The Morgan fingerprint density at radius 2 is 1.86 bits per heavy atom. The Hall–Kier alpha value is -2.61. The Kier molecular flexibility index (Phi) is 6.51. The van der Waals surface area contributed by atoms with Gasteiger partial charge in [-0.1, -0.05) is 12.1 Å². The van der Waals surface area contributed by atoms with Gasteiger partial charge in [0.1, 0.15) is 12.4 Å². The molecule has 0 spiro atoms. The van der Waals surface area contributed by atoms with Crippen LogP contribution in [-0.2, 0) is 17.4 Å². The molecule has 1 amide bonds. The Labute approximate surface area is 164 Å². The SMILES string of the molecule is O=C(CCCc1nc2ccccc2s1)NCCOc1ccc(C(F)(F)F)cc1. The van der Waals surface area contributed by atoms with Crippen LogP contribution >= 0.6 is 11.3 Å². The maximum Gasteiger partial charge on any atom is 0.416 e. The number of thiazole rings is 1. The summed E-state index contributed by atoms with van der Waals surface area (Å²) in [5, 5.41) is 3.75. The molecule has 0 bridgehead atoms. The van der Waals surface area contributed by atoms with Gasteiger partial charge in [-0.2, -0.15) is 13.2 Å². The number of nitrogens with zero attached hydrogens (tertiary/aromatic N) is 1. The number of carbonyl (C=O) groups is 1. The van der Waals surface area contributed by atoms with Crippen molar-refractivity contribution in [2.45, 2.75) is 25.4 Å². The summed E-state index contributed by atoms with van der Waals surface area (Å²) in [5.41, 5.74) is 0.258. The van der Waals surface area contributed by atoms with Crippen LogP contribution in [0.4, 0.5) is 13.2 Å². The summed E-state index contributed by atoms with van der Waals surface area (Å²) >= 11 is 1.64. The second kappa shape index (κ2) is 9.05. The fourth-order valence-electron chi connectivity index (χ4n) is 2.61. The van der Waals surface area contributed by atoms with E-state index >= 15 is 0 Å². The first-order valence-corrected chi connectivity index (χ1v) is 9.65. The van der Waals surface area contributed by atoms with Crippen molar-refractivity contribution < 1.29 is 22.7 Å². The molecular weight excluding hydrogens is 389 g/mol. The van der Waals surface area contributed by atoms with E-state index in [9.17, 15) is 18.0 Å². The molecule has 0 aliphatic rings. The van der Waals surface area contributed by atoms with Crippen molar-refractivity contribution in [1.82, 2.24) is 10.3 Å². The predicted molar refractivity (Wildman–Crippen MR) is 103 cm³/mol. The monoisotopic (exact) mass is 408 g/mol. The molecule has 3 aromatic rings. The number of benzene rings is 2. The van der Waals surface area contributed by atoms with E-state index in [1.54, 1.807) is 11.3 Å². The van der Waals surface area contributed by atoms with E-state index in [-0.39, 0.29) is 12.5 Å². The van der Waals surface area contributed by atoms with Crippen molar-refractivity contribution in [2.24, 2.45) is 0 Å². The third-order valence-electron chi connectivity index (χ3n) is 4.01. The molecule has 3 rings (SSSR count). The van der Waals surface area contributed by atoms with E-state index in [0.717, 1.165) is 33.8 Å². The highest BCUT2D eigenvalue weighted by Gasteiger charge is 2.29. The maximum absolute atomic E-state index is 12.5. The molecule has 0 atom stereocenters. The van der Waals surface area contributed by atoms with Crippen LogP contribution in [0.15, 0.2) is 48.5 Å². The third-order valence-corrected chi connectivity index (χ3v) is 5.10. The number of aromatic nitrogens is 1. The van der Waals surface area contributed by atoms with Gasteiger partial charge in [0, 0.05) is 6.42 Å². The molecule has 4 nitrogen and oxygen atoms in total. The minimum absolute atomic E-state index is 0.0860. The minimum Gasteiger partial charge on any atom is -0.492 e. The number of halogens is 3. The van der Waals surface area contributed by atoms with Crippen LogP contribution in [0.3, 0.4) is 0 Å². The zero-order valence-electron chi connectivity index (χ0n) is 15.0. The van der Waals surface area contributed by atoms with Crippen molar-refractivity contribution in [3.8, 4) is 5.75 Å². The van der Waals surface area contributed by atoms with Crippen molar-refractivity contribution >= 4 is 27.5 Å². The molecule has 0 radical (unpaired) electrons. The highest BCUT2D eigenvalue weighted by Crippen LogP contribution is 2.30. The Balaban J connectivity index is 1.32. The fraction of sp³-hybridized carbons (Fsp3) is 0.300. The number of amides is 1. The van der Waals surface area contributed by atoms with Gasteiger partial charge in [-0.05, 0) is 49.2 Å². The zero-order valence-corrected chi connectivity index (χ0v) is 15.8. The highest BCUT2D eigenvalue weighted by atomic mass is 32.1. The molecule has 0 fully saturated rings. The Morgan fingerprint density at radius 1 is 1.11 bits per heavy atom. The Bertz CT molecular complexity index is 890. The number of ether oxygens (including phenoxy) is 1. The van der Waals surface area contributed by atoms with Crippen LogP contribution < -0.4 is 10.1 Å². The topological polar surface area (TPSA) is 51.2 Å². The van der Waals surface area contributed by atoms with Gasteiger partial charge < -0.3 is 10.1 Å². The lowest BCUT2D eigenvalue weighted by atomic mass is 10.2. The van der Waals surface area contributed by atoms with Crippen LogP contribution in [0.1, 0.15) is 23.4 Å². The molecule has 0 saturated heterocycles. The predicted octanol–water partition coefficient (Wildman–Crippen LogP) is 4.83. The average Bonchev–Trinajstić information content (AvgIpc) is 3.08. The van der Waals surface area contributed by atoms with Gasteiger partial charge in [-0.3, -0.25) is 4.79 Å². The summed E-state index contributed by atoms with van der Waals surface area (Å²) in [6.45, 7) is 0.482. The lowest BCUT2D eigenvalue weighted by Gasteiger charge is -2.10. The zero-order chi connectivity index (χ0) is 20.0. The van der Waals surface area contributed by atoms with E-state index < -0.39 is 11.7 Å². The number of carbonyl (C=O) groups excluding carboxylic acids is 1. The molecule has 1 heterocycles. The lowest BCUT2D eigenvalue weighted by Crippen LogP contribution is -2.27. The molecule has 0 saturated carbocycles. The summed E-state index contributed by atoms with van der Waals surface area (Å²) in [6.07, 6.45) is -2.53. The second-order valence-electron chi connectivity index (χ2n) is 6.15. The molecule has 148 valence electrons. The largest absolute Gasteiger partial charge is 0.492 e. The van der Waals surface area contributed by atoms with Crippen LogP contribution in [0.2, 0.25) is 0 Å². The number of aryl methyl sites for hydroxylation is 1. The van der Waals surface area contributed by atoms with E-state index in [1.165, 1.54) is 12.1 Å². The number of alkyl halides is 3. The number of rotatable bonds is 8. The maximum atomic E-state index is 12.5. The summed E-state index contributed by atoms with van der Waals surface area (Å²) in [4.78, 5) is 16.4. The number of fused-ring (bicyclic) bond motifs is 1. The van der Waals surface area contributed by atoms with Crippen LogP contribution in [0, 0.1) is 0 Å². The van der Waals surface area contributed by atoms with E-state index in [4.69, 9.17) is 4.74 Å². The van der Waals surface area contributed by atoms with Gasteiger partial charge in [-0.15, -0.1) is 11.3 Å². The highest BCUT2D eigenvalue weighted by molar-refractivity contribution is 7.18. The second-order valence-corrected chi connectivity index (χ2v) is 7.26. The normalized spacial score (nSPS) is 11.5. The van der Waals surface area contributed by atoms with Gasteiger partial charge in [0.15, 0.2) is 0 Å². The summed E-state index contributed by atoms with van der Waals surface area (Å²) in [7, 11) is 0. The quantitative estimate of drug-likeness (QED) is 0.543. The number of hydrogen-bond donors (Lipinski definition) is 1. The van der Waals surface area contributed by atoms with Gasteiger partial charge >= 0.3 is 6.18 Å². The van der Waals surface area contributed by atoms with Gasteiger partial charge in [0.25, 0.3) is 0 Å². The van der Waals surface area contributed by atoms with Crippen molar-refractivity contribution in [3.63, 3.8) is 0 Å². The van der Waals surface area contributed by atoms with Crippen molar-refractivity contribution in [3.05, 3.63) is 59.1 Å². The van der Waals surface area contributed by atoms with Gasteiger partial charge in [0.2, 0.25) is 5.91 Å². The summed E-state index contributed by atoms with van der Waals surface area (Å²) in [5.74, 6) is 0.246. The molecule has 2 aromatic carbocycles. The van der Waals surface area contributed by atoms with E-state index in [2.05, 4.69) is 10.3 Å². The lowest BCUT2D eigenvalue weighted by molar-refractivity contribution is -0.137. The first kappa shape index (κ1) is 20.1. The first-order valence-electron chi connectivity index (χ1n) is 8.83. The van der Waals surface area contributed by atoms with Gasteiger partial charge in [-0.25, -0.2) is 4.98 Å². The fourth-order valence-corrected chi connectivity index (χ4v) is 3.62. The van der Waals surface area contributed by atoms with E-state index in [0.29, 0.717) is 25.1 Å². The summed E-state index contributed by atoms with van der Waals surface area (Å²) < 4.78 is 43.9. The van der Waals surface area contributed by atoms with Gasteiger partial charge in [0.05, 0.1) is 27.3 Å². The van der Waals surface area contributed by atoms with Crippen molar-refractivity contribution in [2.75, 3.05) is 13.2 Å². The molecule has 0 aliphatic heterocycles. The number of para-hydroxylation sites is 1. The molecular formula is C20H19F3N2O2S. The molecule has 0 unspecified atom stereocenters. The molecule has 1 N–H and O–H groups in total.